The first-order valence-electron chi connectivity index (χ1n) is 6.43. The van der Waals surface area contributed by atoms with Crippen molar-refractivity contribution in [2.75, 3.05) is 11.9 Å². The number of amides is 2. The van der Waals surface area contributed by atoms with Crippen LogP contribution in [0.25, 0.3) is 0 Å². The summed E-state index contributed by atoms with van der Waals surface area (Å²) in [5, 5.41) is 2.79. The molecule has 104 valence electrons. The van der Waals surface area contributed by atoms with Crippen molar-refractivity contribution < 1.29 is 14.3 Å². The third-order valence-corrected chi connectivity index (χ3v) is 2.51. The van der Waals surface area contributed by atoms with Gasteiger partial charge in [-0.15, -0.1) is 0 Å². The molecule has 0 radical (unpaired) electrons. The number of anilines is 1. The molecule has 0 aliphatic rings. The SMILES string of the molecule is CCCCCC(=O)Nc1cccc(OCC(N)=O)c1. The number of carbonyl (C=O) groups is 2. The summed E-state index contributed by atoms with van der Waals surface area (Å²) in [5.74, 6) is -0.0420. The molecule has 5 heteroatoms. The quantitative estimate of drug-likeness (QED) is 0.705. The van der Waals surface area contributed by atoms with Crippen LogP contribution in [-0.4, -0.2) is 18.4 Å². The summed E-state index contributed by atoms with van der Waals surface area (Å²) >= 11 is 0. The van der Waals surface area contributed by atoms with Crippen LogP contribution in [0.5, 0.6) is 5.75 Å². The highest BCUT2D eigenvalue weighted by Gasteiger charge is 2.03. The molecule has 0 unspecified atom stereocenters. The van der Waals surface area contributed by atoms with Gasteiger partial charge in [-0.25, -0.2) is 0 Å². The molecular formula is C14H20N2O3. The van der Waals surface area contributed by atoms with Gasteiger partial charge in [0.05, 0.1) is 0 Å². The Morgan fingerprint density at radius 2 is 2.11 bits per heavy atom. The van der Waals surface area contributed by atoms with Crippen molar-refractivity contribution in [3.63, 3.8) is 0 Å². The second-order valence-corrected chi connectivity index (χ2v) is 4.29. The van der Waals surface area contributed by atoms with Crippen LogP contribution in [0, 0.1) is 0 Å². The van der Waals surface area contributed by atoms with E-state index in [0.717, 1.165) is 19.3 Å². The van der Waals surface area contributed by atoms with Crippen molar-refractivity contribution in [1.82, 2.24) is 0 Å². The zero-order chi connectivity index (χ0) is 14.1. The summed E-state index contributed by atoms with van der Waals surface area (Å²) in [6.07, 6.45) is 3.54. The Hall–Kier alpha value is -2.04. The Morgan fingerprint density at radius 3 is 2.79 bits per heavy atom. The number of hydrogen-bond donors (Lipinski definition) is 2. The highest BCUT2D eigenvalue weighted by molar-refractivity contribution is 5.90. The van der Waals surface area contributed by atoms with Gasteiger partial charge in [0.15, 0.2) is 6.61 Å². The molecule has 19 heavy (non-hydrogen) atoms. The maximum absolute atomic E-state index is 11.6. The van der Waals surface area contributed by atoms with E-state index in [1.54, 1.807) is 24.3 Å². The maximum atomic E-state index is 11.6. The number of nitrogens with two attached hydrogens (primary N) is 1. The minimum absolute atomic E-state index is 0.0134. The molecule has 0 saturated heterocycles. The van der Waals surface area contributed by atoms with Gasteiger partial charge in [-0.3, -0.25) is 9.59 Å². The molecule has 0 aliphatic carbocycles. The largest absolute Gasteiger partial charge is 0.484 e. The Morgan fingerprint density at radius 1 is 1.32 bits per heavy atom. The average Bonchev–Trinajstić information content (AvgIpc) is 2.37. The molecule has 0 aromatic heterocycles. The van der Waals surface area contributed by atoms with Crippen molar-refractivity contribution in [2.45, 2.75) is 32.6 Å². The lowest BCUT2D eigenvalue weighted by Gasteiger charge is -2.08. The fourth-order valence-electron chi connectivity index (χ4n) is 1.58. The van der Waals surface area contributed by atoms with Gasteiger partial charge >= 0.3 is 0 Å². The Kier molecular flexibility index (Phi) is 6.43. The van der Waals surface area contributed by atoms with Crippen molar-refractivity contribution >= 4 is 17.5 Å². The van der Waals surface area contributed by atoms with E-state index in [2.05, 4.69) is 12.2 Å². The number of unbranched alkanes of at least 4 members (excludes halogenated alkanes) is 2. The molecule has 0 fully saturated rings. The second-order valence-electron chi connectivity index (χ2n) is 4.29. The molecule has 1 rings (SSSR count). The zero-order valence-corrected chi connectivity index (χ0v) is 11.1. The van der Waals surface area contributed by atoms with Crippen molar-refractivity contribution in [1.29, 1.82) is 0 Å². The lowest BCUT2D eigenvalue weighted by atomic mass is 10.2. The second kappa shape index (κ2) is 8.13. The van der Waals surface area contributed by atoms with Crippen LogP contribution in [0.3, 0.4) is 0 Å². The van der Waals surface area contributed by atoms with Gasteiger partial charge in [0.1, 0.15) is 5.75 Å². The molecule has 0 saturated carbocycles. The summed E-state index contributed by atoms with van der Waals surface area (Å²) in [5.41, 5.74) is 5.65. The predicted molar refractivity (Wildman–Crippen MR) is 73.9 cm³/mol. The molecule has 5 nitrogen and oxygen atoms in total. The molecule has 3 N–H and O–H groups in total. The molecule has 0 spiro atoms. The van der Waals surface area contributed by atoms with Crippen molar-refractivity contribution in [2.24, 2.45) is 5.73 Å². The number of hydrogen-bond acceptors (Lipinski definition) is 3. The van der Waals surface area contributed by atoms with E-state index >= 15 is 0 Å². The minimum Gasteiger partial charge on any atom is -0.484 e. The van der Waals surface area contributed by atoms with E-state index in [0.29, 0.717) is 17.9 Å². The summed E-state index contributed by atoms with van der Waals surface area (Å²) < 4.78 is 5.16. The van der Waals surface area contributed by atoms with Crippen LogP contribution >= 0.6 is 0 Å². The van der Waals surface area contributed by atoms with E-state index in [1.807, 2.05) is 0 Å². The lowest BCUT2D eigenvalue weighted by molar-refractivity contribution is -0.120. The zero-order valence-electron chi connectivity index (χ0n) is 11.1. The smallest absolute Gasteiger partial charge is 0.255 e. The van der Waals surface area contributed by atoms with E-state index in [1.165, 1.54) is 0 Å². The first-order valence-corrected chi connectivity index (χ1v) is 6.43. The van der Waals surface area contributed by atoms with Crippen LogP contribution in [0.2, 0.25) is 0 Å². The fraction of sp³-hybridized carbons (Fsp3) is 0.429. The number of rotatable bonds is 8. The summed E-state index contributed by atoms with van der Waals surface area (Å²) in [4.78, 5) is 22.2. The molecule has 0 atom stereocenters. The summed E-state index contributed by atoms with van der Waals surface area (Å²) in [6.45, 7) is 1.92. The third-order valence-electron chi connectivity index (χ3n) is 2.51. The number of ether oxygens (including phenoxy) is 1. The van der Waals surface area contributed by atoms with Crippen LogP contribution in [0.4, 0.5) is 5.69 Å². The maximum Gasteiger partial charge on any atom is 0.255 e. The Balaban J connectivity index is 2.47. The minimum atomic E-state index is -0.533. The van der Waals surface area contributed by atoms with Crippen LogP contribution < -0.4 is 15.8 Å². The molecule has 0 bridgehead atoms. The monoisotopic (exact) mass is 264 g/mol. The van der Waals surface area contributed by atoms with E-state index in [4.69, 9.17) is 10.5 Å². The molecular weight excluding hydrogens is 244 g/mol. The normalized spacial score (nSPS) is 9.95. The van der Waals surface area contributed by atoms with Crippen LogP contribution in [0.15, 0.2) is 24.3 Å². The van der Waals surface area contributed by atoms with Gasteiger partial charge in [0.25, 0.3) is 5.91 Å². The van der Waals surface area contributed by atoms with Gasteiger partial charge in [0, 0.05) is 18.2 Å². The summed E-state index contributed by atoms with van der Waals surface area (Å²) in [6, 6.07) is 6.89. The molecule has 0 heterocycles. The highest BCUT2D eigenvalue weighted by atomic mass is 16.5. The Labute approximate surface area is 113 Å². The third kappa shape index (κ3) is 6.45. The molecule has 0 aliphatic heterocycles. The van der Waals surface area contributed by atoms with Crippen molar-refractivity contribution in [3.05, 3.63) is 24.3 Å². The molecule has 2 amide bonds. The highest BCUT2D eigenvalue weighted by Crippen LogP contribution is 2.17. The summed E-state index contributed by atoms with van der Waals surface area (Å²) in [7, 11) is 0. The van der Waals surface area contributed by atoms with Crippen molar-refractivity contribution in [3.8, 4) is 5.75 Å². The topological polar surface area (TPSA) is 81.4 Å². The van der Waals surface area contributed by atoms with Gasteiger partial charge in [0.2, 0.25) is 5.91 Å². The molecule has 1 aromatic rings. The van der Waals surface area contributed by atoms with Gasteiger partial charge in [-0.05, 0) is 18.6 Å². The fourth-order valence-corrected chi connectivity index (χ4v) is 1.58. The van der Waals surface area contributed by atoms with E-state index < -0.39 is 5.91 Å². The number of primary amides is 1. The molecule has 1 aromatic carbocycles. The van der Waals surface area contributed by atoms with Gasteiger partial charge in [-0.2, -0.15) is 0 Å². The number of nitrogens with one attached hydrogen (secondary N) is 1. The van der Waals surface area contributed by atoms with Gasteiger partial charge in [-0.1, -0.05) is 25.8 Å². The number of carbonyl (C=O) groups excluding carboxylic acids is 2. The first-order chi connectivity index (χ1) is 9.11. The van der Waals surface area contributed by atoms with E-state index in [-0.39, 0.29) is 12.5 Å². The van der Waals surface area contributed by atoms with E-state index in [9.17, 15) is 9.59 Å². The lowest BCUT2D eigenvalue weighted by Crippen LogP contribution is -2.20. The number of benzene rings is 1. The Bertz CT molecular complexity index is 432. The first kappa shape index (κ1) is 15.0. The van der Waals surface area contributed by atoms with Crippen LogP contribution in [0.1, 0.15) is 32.6 Å². The predicted octanol–water partition coefficient (Wildman–Crippen LogP) is 2.07. The van der Waals surface area contributed by atoms with Crippen LogP contribution in [-0.2, 0) is 9.59 Å². The van der Waals surface area contributed by atoms with Gasteiger partial charge < -0.3 is 15.8 Å². The standard InChI is InChI=1S/C14H20N2O3/c1-2-3-4-8-14(18)16-11-6-5-7-12(9-11)19-10-13(15)17/h5-7,9H,2-4,8,10H2,1H3,(H2,15,17)(H,16,18). The average molecular weight is 264 g/mol.